The molecule has 17 nitrogen and oxygen atoms in total. The van der Waals surface area contributed by atoms with Crippen molar-refractivity contribution in [2.45, 2.75) is 355 Å². The lowest BCUT2D eigenvalue weighted by atomic mass is 9.99. The molecule has 0 aromatic heterocycles. The Morgan fingerprint density at radius 2 is 0.593 bits per heavy atom. The predicted octanol–water partition coefficient (Wildman–Crippen LogP) is 18.8. The number of carbonyl (C=O) groups excluding carboxylic acids is 4. The topological polar surface area (TPSA) is 237 Å². The largest absolute Gasteiger partial charge is 0.472 e. The van der Waals surface area contributed by atoms with Gasteiger partial charge in [-0.2, -0.15) is 0 Å². The van der Waals surface area contributed by atoms with Crippen molar-refractivity contribution in [1.29, 1.82) is 0 Å². The van der Waals surface area contributed by atoms with E-state index in [0.717, 1.165) is 102 Å². The van der Waals surface area contributed by atoms with E-state index in [1.54, 1.807) is 0 Å². The van der Waals surface area contributed by atoms with Gasteiger partial charge in [0, 0.05) is 25.7 Å². The Morgan fingerprint density at radius 3 is 0.884 bits per heavy atom. The minimum Gasteiger partial charge on any atom is -0.462 e. The monoisotopic (exact) mass is 1270 g/mol. The number of hydrogen-bond donors (Lipinski definition) is 3. The summed E-state index contributed by atoms with van der Waals surface area (Å²) in [6.45, 7) is 9.51. The quantitative estimate of drug-likeness (QED) is 0.0222. The van der Waals surface area contributed by atoms with Gasteiger partial charge < -0.3 is 33.8 Å². The first-order chi connectivity index (χ1) is 41.4. The van der Waals surface area contributed by atoms with Gasteiger partial charge >= 0.3 is 39.5 Å². The molecule has 0 aromatic carbocycles. The summed E-state index contributed by atoms with van der Waals surface area (Å²) in [6.07, 6.45) is 42.9. The van der Waals surface area contributed by atoms with Gasteiger partial charge in [-0.3, -0.25) is 37.3 Å². The number of ether oxygens (including phenoxy) is 4. The fraction of sp³-hybridized carbons (Fsp3) is 0.940. The van der Waals surface area contributed by atoms with Gasteiger partial charge in [-0.25, -0.2) is 9.13 Å². The lowest BCUT2D eigenvalue weighted by Crippen LogP contribution is -2.30. The number of aliphatic hydroxyl groups excluding tert-OH is 1. The molecule has 86 heavy (non-hydrogen) atoms. The smallest absolute Gasteiger partial charge is 0.462 e. The molecule has 0 saturated heterocycles. The highest BCUT2D eigenvalue weighted by Gasteiger charge is 2.30. The number of rotatable bonds is 66. The first-order valence-corrected chi connectivity index (χ1v) is 38.0. The minimum absolute atomic E-state index is 0.106. The van der Waals surface area contributed by atoms with E-state index >= 15 is 0 Å². The number of esters is 4. The minimum atomic E-state index is -4.95. The molecular formula is C67H130O17P2. The zero-order chi connectivity index (χ0) is 63.6. The Balaban J connectivity index is 5.25. The molecule has 19 heteroatoms. The summed E-state index contributed by atoms with van der Waals surface area (Å²) >= 11 is 0. The van der Waals surface area contributed by atoms with Crippen LogP contribution in [-0.4, -0.2) is 96.7 Å². The van der Waals surface area contributed by atoms with E-state index in [-0.39, 0.29) is 25.7 Å². The molecule has 0 aliphatic heterocycles. The van der Waals surface area contributed by atoms with Gasteiger partial charge in [0.25, 0.3) is 0 Å². The van der Waals surface area contributed by atoms with E-state index in [1.165, 1.54) is 154 Å². The summed E-state index contributed by atoms with van der Waals surface area (Å²) in [4.78, 5) is 72.3. The zero-order valence-corrected chi connectivity index (χ0v) is 57.4. The van der Waals surface area contributed by atoms with E-state index < -0.39 is 97.5 Å². The van der Waals surface area contributed by atoms with Crippen LogP contribution in [0.2, 0.25) is 0 Å². The third-order valence-electron chi connectivity index (χ3n) is 15.8. The standard InChI is InChI=1S/C67H130O17P2/c1-7-10-12-14-16-18-20-25-33-39-45-51-66(71)83-62(55-77-64(69)49-43-37-31-23-17-15-13-11-8-2)57-81-85(73,74)79-53-61(68)54-80-86(75,76)82-58-63(56-78-65(70)50-44-38-32-28-27-30-36-42-48-60(6)9-3)84-67(72)52-46-40-34-26-22-19-21-24-29-35-41-47-59(4)5/h59-63,68H,7-58H2,1-6H3,(H,73,74)(H,75,76)/t60?,61-,62+,63+/m0/s1. The number of carbonyl (C=O) groups is 4. The van der Waals surface area contributed by atoms with E-state index in [4.69, 9.17) is 37.0 Å². The Labute approximate surface area is 524 Å². The second-order valence-corrected chi connectivity index (χ2v) is 27.8. The van der Waals surface area contributed by atoms with Crippen LogP contribution in [0.25, 0.3) is 0 Å². The van der Waals surface area contributed by atoms with Gasteiger partial charge in [-0.1, -0.05) is 286 Å². The van der Waals surface area contributed by atoms with Crippen LogP contribution in [0, 0.1) is 11.8 Å². The number of phosphoric ester groups is 2. The molecule has 0 fully saturated rings. The normalized spacial score (nSPS) is 14.5. The number of phosphoric acid groups is 2. The van der Waals surface area contributed by atoms with Gasteiger partial charge in [0.05, 0.1) is 26.4 Å². The molecule has 0 rings (SSSR count). The summed E-state index contributed by atoms with van der Waals surface area (Å²) in [5.41, 5.74) is 0. The first-order valence-electron chi connectivity index (χ1n) is 35.0. The van der Waals surface area contributed by atoms with Gasteiger partial charge in [0.2, 0.25) is 0 Å². The molecule has 3 N–H and O–H groups in total. The molecule has 0 aliphatic rings. The fourth-order valence-corrected chi connectivity index (χ4v) is 11.6. The summed E-state index contributed by atoms with van der Waals surface area (Å²) < 4.78 is 68.1. The average Bonchev–Trinajstić information content (AvgIpc) is 3.59. The van der Waals surface area contributed by atoms with Crippen molar-refractivity contribution >= 4 is 39.5 Å². The zero-order valence-electron chi connectivity index (χ0n) is 55.6. The Bertz CT molecular complexity index is 1690. The highest BCUT2D eigenvalue weighted by atomic mass is 31.2. The average molecular weight is 1270 g/mol. The maximum absolute atomic E-state index is 13.0. The second-order valence-electron chi connectivity index (χ2n) is 24.9. The fourth-order valence-electron chi connectivity index (χ4n) is 10.0. The maximum atomic E-state index is 13.0. The Hall–Kier alpha value is -1.94. The van der Waals surface area contributed by atoms with Crippen LogP contribution in [0.1, 0.15) is 337 Å². The van der Waals surface area contributed by atoms with E-state index in [2.05, 4.69) is 41.5 Å². The van der Waals surface area contributed by atoms with E-state index in [0.29, 0.717) is 25.7 Å². The molecule has 6 atom stereocenters. The molecule has 510 valence electrons. The number of aliphatic hydroxyl groups is 1. The van der Waals surface area contributed by atoms with Crippen LogP contribution < -0.4 is 0 Å². The molecule has 0 radical (unpaired) electrons. The first kappa shape index (κ1) is 84.1. The molecular weight excluding hydrogens is 1140 g/mol. The highest BCUT2D eigenvalue weighted by Crippen LogP contribution is 2.45. The van der Waals surface area contributed by atoms with Crippen molar-refractivity contribution in [1.82, 2.24) is 0 Å². The van der Waals surface area contributed by atoms with Crippen molar-refractivity contribution in [2.24, 2.45) is 11.8 Å². The molecule has 0 amide bonds. The van der Waals surface area contributed by atoms with Crippen molar-refractivity contribution < 1.29 is 80.2 Å². The SMILES string of the molecule is CCCCCCCCCCCCCC(=O)O[C@H](COC(=O)CCCCCCCCCCC)COP(=O)(O)OC[C@H](O)COP(=O)(O)OC[C@@H](COC(=O)CCCCCCCCCCC(C)CC)OC(=O)CCCCCCCCCCCCCC(C)C. The lowest BCUT2D eigenvalue weighted by Gasteiger charge is -2.21. The van der Waals surface area contributed by atoms with Crippen molar-refractivity contribution in [3.8, 4) is 0 Å². The summed E-state index contributed by atoms with van der Waals surface area (Å²) in [6, 6.07) is 0. The molecule has 0 saturated carbocycles. The van der Waals surface area contributed by atoms with Crippen LogP contribution in [0.5, 0.6) is 0 Å². The maximum Gasteiger partial charge on any atom is 0.472 e. The summed E-state index contributed by atoms with van der Waals surface area (Å²) in [5, 5.41) is 10.6. The van der Waals surface area contributed by atoms with Crippen molar-refractivity contribution in [3.63, 3.8) is 0 Å². The van der Waals surface area contributed by atoms with E-state index in [9.17, 15) is 43.2 Å². The van der Waals surface area contributed by atoms with Crippen LogP contribution in [-0.2, 0) is 65.4 Å². The molecule has 0 spiro atoms. The lowest BCUT2D eigenvalue weighted by molar-refractivity contribution is -0.161. The Morgan fingerprint density at radius 1 is 0.337 bits per heavy atom. The summed E-state index contributed by atoms with van der Waals surface area (Å²) in [7, 11) is -9.89. The second kappa shape index (κ2) is 59.4. The van der Waals surface area contributed by atoms with Gasteiger partial charge in [0.15, 0.2) is 12.2 Å². The predicted molar refractivity (Wildman–Crippen MR) is 345 cm³/mol. The van der Waals surface area contributed by atoms with Gasteiger partial charge in [-0.05, 0) is 37.5 Å². The van der Waals surface area contributed by atoms with Crippen LogP contribution in [0.15, 0.2) is 0 Å². The highest BCUT2D eigenvalue weighted by molar-refractivity contribution is 7.47. The number of unbranched alkanes of at least 4 members (excludes halogenated alkanes) is 35. The van der Waals surface area contributed by atoms with Crippen LogP contribution in [0.3, 0.4) is 0 Å². The summed E-state index contributed by atoms with van der Waals surface area (Å²) in [5.74, 6) is -0.586. The van der Waals surface area contributed by atoms with Crippen LogP contribution in [0.4, 0.5) is 0 Å². The number of hydrogen-bond acceptors (Lipinski definition) is 15. The third kappa shape index (κ3) is 59.7. The van der Waals surface area contributed by atoms with Crippen molar-refractivity contribution in [2.75, 3.05) is 39.6 Å². The third-order valence-corrected chi connectivity index (χ3v) is 17.7. The Kier molecular flexibility index (Phi) is 58.0. The molecule has 0 bridgehead atoms. The van der Waals surface area contributed by atoms with Crippen molar-refractivity contribution in [3.05, 3.63) is 0 Å². The molecule has 0 aliphatic carbocycles. The molecule has 0 aromatic rings. The van der Waals surface area contributed by atoms with Gasteiger partial charge in [0.1, 0.15) is 19.3 Å². The van der Waals surface area contributed by atoms with E-state index in [1.807, 2.05) is 0 Å². The molecule has 0 heterocycles. The van der Waals surface area contributed by atoms with Gasteiger partial charge in [-0.15, -0.1) is 0 Å². The molecule has 3 unspecified atom stereocenters. The van der Waals surface area contributed by atoms with Crippen LogP contribution >= 0.6 is 15.6 Å².